The van der Waals surface area contributed by atoms with E-state index in [1.807, 2.05) is 21.1 Å². The molecule has 102 heavy (non-hydrogen) atoms. The number of carbonyl (C=O) groups excluding carboxylic acids is 8. The first-order chi connectivity index (χ1) is 48.0. The van der Waals surface area contributed by atoms with Gasteiger partial charge in [0.05, 0.1) is 57.4 Å². The summed E-state index contributed by atoms with van der Waals surface area (Å²) in [5, 5.41) is 41.4. The topological polar surface area (TPSA) is 339 Å². The third-order valence-corrected chi connectivity index (χ3v) is 21.2. The van der Waals surface area contributed by atoms with Crippen molar-refractivity contribution >= 4 is 55.5 Å². The van der Waals surface area contributed by atoms with Crippen LogP contribution >= 0.6 is 7.82 Å². The van der Waals surface area contributed by atoms with Crippen LogP contribution in [0.2, 0.25) is 0 Å². The van der Waals surface area contributed by atoms with Gasteiger partial charge in [0.25, 0.3) is 0 Å². The summed E-state index contributed by atoms with van der Waals surface area (Å²) in [5.74, 6) is -7.69. The number of phosphoric ester groups is 1. The van der Waals surface area contributed by atoms with Crippen LogP contribution in [0.5, 0.6) is 0 Å². The van der Waals surface area contributed by atoms with E-state index in [9.17, 15) is 53.5 Å². The minimum absolute atomic E-state index is 0.0309. The van der Waals surface area contributed by atoms with Gasteiger partial charge in [-0.05, 0) is 82.7 Å². The molecule has 2 aromatic rings. The second kappa shape index (κ2) is 38.2. The quantitative estimate of drug-likeness (QED) is 0.0103. The van der Waals surface area contributed by atoms with Crippen molar-refractivity contribution in [1.82, 2.24) is 5.32 Å². The number of rotatable bonds is 41. The molecule has 2 saturated carbocycles. The summed E-state index contributed by atoms with van der Waals surface area (Å²) in [4.78, 5) is 123. The Kier molecular flexibility index (Phi) is 31.8. The molecule has 0 radical (unpaired) electrons. The van der Waals surface area contributed by atoms with Gasteiger partial charge in [0, 0.05) is 44.4 Å². The third-order valence-electron chi connectivity index (χ3n) is 20.2. The van der Waals surface area contributed by atoms with E-state index in [2.05, 4.69) is 12.2 Å². The average Bonchev–Trinajstić information content (AvgIpc) is 0.670. The lowest BCUT2D eigenvalue weighted by molar-refractivity contribution is -0.870. The zero-order chi connectivity index (χ0) is 75.3. The summed E-state index contributed by atoms with van der Waals surface area (Å²) in [7, 11) is 1.07. The van der Waals surface area contributed by atoms with E-state index >= 15 is 9.59 Å². The van der Waals surface area contributed by atoms with Crippen molar-refractivity contribution in [3.63, 3.8) is 0 Å². The molecule has 4 aliphatic rings. The molecule has 3 fully saturated rings. The maximum Gasteiger partial charge on any atom is 0.472 e. The van der Waals surface area contributed by atoms with Gasteiger partial charge in [-0.25, -0.2) is 18.9 Å². The van der Waals surface area contributed by atoms with Crippen LogP contribution in [0.4, 0.5) is 4.79 Å². The minimum Gasteiger partial charge on any atom is -0.462 e. The largest absolute Gasteiger partial charge is 0.472 e. The second-order valence-electron chi connectivity index (χ2n) is 30.7. The van der Waals surface area contributed by atoms with E-state index < -0.39 is 157 Å². The number of quaternary nitrogens is 1. The zero-order valence-electron chi connectivity index (χ0n) is 62.2. The number of ketones is 1. The first kappa shape index (κ1) is 84.8. The van der Waals surface area contributed by atoms with E-state index in [-0.39, 0.29) is 67.6 Å². The fourth-order valence-electron chi connectivity index (χ4n) is 14.5. The van der Waals surface area contributed by atoms with Crippen molar-refractivity contribution < 1.29 is 115 Å². The van der Waals surface area contributed by atoms with Crippen molar-refractivity contribution in [3.8, 4) is 0 Å². The molecule has 572 valence electrons. The van der Waals surface area contributed by atoms with Gasteiger partial charge in [-0.1, -0.05) is 166 Å². The zero-order valence-corrected chi connectivity index (χ0v) is 63.1. The van der Waals surface area contributed by atoms with Crippen molar-refractivity contribution in [3.05, 3.63) is 82.9 Å². The molecule has 3 aliphatic carbocycles. The summed E-state index contributed by atoms with van der Waals surface area (Å²) in [5.41, 5.74) is -8.96. The first-order valence-corrected chi connectivity index (χ1v) is 38.1. The van der Waals surface area contributed by atoms with Gasteiger partial charge >= 0.3 is 49.7 Å². The maximum atomic E-state index is 15.4. The number of aliphatic hydroxyl groups excluding tert-OH is 2. The standard InChI is InChI=1S/C76H115N2O23P/c1-13-14-15-16-17-18-19-20-21-22-23-25-34-41-59(81)92-48-55(49-95-102(90,91)94-45-44-78(10,11)12)96-60(82)42-35-26-24-27-36-43-61(83)98-65(63(53-37-30-28-31-38-53)77-71(88)101-72(4,5)6)70(87)97-56-47-76(89)68(99-69(86)54-39-32-29-33-40-54)66-74(9,67(85)64(84)62(51(56)2)73(76,7)8)57(80)46-58-75(66,50-93-58)100-52(3)79/h28-33,37-40,55-58,63-66,68,80,84,89H,13-27,34-36,41-50H2,1-12H3,(H-,77,88,90,91)/p+1/t55-,56?,57-,58+,63-,64+,65+,66-,68-,74+,75-,76+/m0/s1. The van der Waals surface area contributed by atoms with Crippen molar-refractivity contribution in [2.75, 3.05) is 54.1 Å². The molecule has 25 nitrogen and oxygen atoms in total. The number of likely N-dealkylation sites (N-methyl/N-ethyl adjacent to an activating group) is 1. The summed E-state index contributed by atoms with van der Waals surface area (Å²) in [6, 6.07) is 14.4. The highest BCUT2D eigenvalue weighted by atomic mass is 31.2. The Morgan fingerprint density at radius 1 is 0.725 bits per heavy atom. The predicted molar refractivity (Wildman–Crippen MR) is 376 cm³/mol. The van der Waals surface area contributed by atoms with Crippen LogP contribution in [0.3, 0.4) is 0 Å². The fourth-order valence-corrected chi connectivity index (χ4v) is 15.2. The number of unbranched alkanes of at least 4 members (excludes halogenated alkanes) is 16. The summed E-state index contributed by atoms with van der Waals surface area (Å²) >= 11 is 0. The van der Waals surface area contributed by atoms with Crippen molar-refractivity contribution in [2.45, 2.75) is 276 Å². The molecule has 1 aliphatic heterocycles. The Bertz CT molecular complexity index is 3190. The van der Waals surface area contributed by atoms with Crippen LogP contribution in [0, 0.1) is 16.7 Å². The van der Waals surface area contributed by atoms with E-state index in [0.29, 0.717) is 43.1 Å². The highest BCUT2D eigenvalue weighted by molar-refractivity contribution is 7.47. The molecular formula is C76H116N2O23P+. The SMILES string of the molecule is CCCCCCCCCCCCCCCC(=O)OC[C@@H](COP(=O)(O)OCC[N+](C)(C)C)OC(=O)CCCCCCCC(=O)O[C@@H](C(=O)OC1C[C@@]2(O)[C@@H](OC(=O)c3ccccc3)[C@@H]3[C@]4(OC(C)=O)CO[C@@H]4C[C@H](O)[C@@]3(C)C(=O)[C@H](O)C(=C1C)C2(C)C)[C@@H](NC(=O)OC(C)(C)C)c1ccccc1. The lowest BCUT2D eigenvalue weighted by Gasteiger charge is -2.67. The highest BCUT2D eigenvalue weighted by Crippen LogP contribution is 2.64. The fraction of sp³-hybridized carbons (Fsp3) is 0.711. The lowest BCUT2D eigenvalue weighted by atomic mass is 9.44. The monoisotopic (exact) mass is 1460 g/mol. The smallest absolute Gasteiger partial charge is 0.462 e. The molecule has 26 heteroatoms. The third kappa shape index (κ3) is 23.4. The number of benzene rings is 2. The predicted octanol–water partition coefficient (Wildman–Crippen LogP) is 11.3. The van der Waals surface area contributed by atoms with E-state index in [0.717, 1.165) is 32.6 Å². The van der Waals surface area contributed by atoms with Gasteiger partial charge < -0.3 is 67.9 Å². The normalized spacial score (nSPS) is 25.2. The van der Waals surface area contributed by atoms with Crippen LogP contribution in [0.1, 0.15) is 232 Å². The Labute approximate surface area is 602 Å². The lowest BCUT2D eigenvalue weighted by Crippen LogP contribution is -2.81. The number of esters is 6. The number of fused-ring (bicyclic) bond motifs is 5. The summed E-state index contributed by atoms with van der Waals surface area (Å²) in [6.07, 6.45) is 3.33. The number of hydrogen-bond donors (Lipinski definition) is 5. The second-order valence-corrected chi connectivity index (χ2v) is 32.2. The van der Waals surface area contributed by atoms with Crippen LogP contribution in [-0.2, 0) is 80.3 Å². The minimum atomic E-state index is -4.59. The van der Waals surface area contributed by atoms with Gasteiger partial charge in [0.2, 0.25) is 6.10 Å². The number of phosphoric acid groups is 1. The summed E-state index contributed by atoms with van der Waals surface area (Å²) < 4.78 is 71.4. The molecule has 5 N–H and O–H groups in total. The first-order valence-electron chi connectivity index (χ1n) is 36.6. The molecule has 13 atom stereocenters. The van der Waals surface area contributed by atoms with E-state index in [1.165, 1.54) is 91.2 Å². The Hall–Kier alpha value is -6.15. The van der Waals surface area contributed by atoms with Crippen LogP contribution in [0.15, 0.2) is 71.8 Å². The molecule has 2 aromatic carbocycles. The van der Waals surface area contributed by atoms with E-state index in [1.54, 1.807) is 69.3 Å². The average molecular weight is 1460 g/mol. The van der Waals surface area contributed by atoms with Gasteiger partial charge in [0.15, 0.2) is 17.5 Å². The molecule has 2 bridgehead atoms. The van der Waals surface area contributed by atoms with Crippen LogP contribution in [-0.4, -0.2) is 186 Å². The number of Topliss-reactive ketones (excluding diaryl/α,β-unsaturated/α-hetero) is 1. The number of carbonyl (C=O) groups is 8. The number of aliphatic hydroxyl groups is 3. The molecule has 1 saturated heterocycles. The van der Waals surface area contributed by atoms with Crippen molar-refractivity contribution in [1.29, 1.82) is 0 Å². The van der Waals surface area contributed by atoms with E-state index in [4.69, 9.17) is 46.9 Å². The Morgan fingerprint density at radius 3 is 1.77 bits per heavy atom. The molecule has 2 unspecified atom stereocenters. The highest BCUT2D eigenvalue weighted by Gasteiger charge is 2.78. The maximum absolute atomic E-state index is 15.4. The summed E-state index contributed by atoms with van der Waals surface area (Å²) in [6.45, 7) is 13.1. The van der Waals surface area contributed by atoms with Gasteiger partial charge in [-0.15, -0.1) is 0 Å². The van der Waals surface area contributed by atoms with Crippen molar-refractivity contribution in [2.24, 2.45) is 16.7 Å². The van der Waals surface area contributed by atoms with Gasteiger partial charge in [-0.3, -0.25) is 33.0 Å². The molecule has 0 spiro atoms. The number of nitrogens with one attached hydrogen (secondary N) is 1. The van der Waals surface area contributed by atoms with Crippen LogP contribution < -0.4 is 5.32 Å². The molecule has 6 rings (SSSR count). The number of amides is 1. The Morgan fingerprint density at radius 2 is 1.25 bits per heavy atom. The van der Waals surface area contributed by atoms with Crippen LogP contribution in [0.25, 0.3) is 0 Å². The number of alkyl carbamates (subject to hydrolysis) is 1. The van der Waals surface area contributed by atoms with Gasteiger partial charge in [0.1, 0.15) is 61.4 Å². The number of ether oxygens (including phenoxy) is 8. The molecular weight excluding hydrogens is 1340 g/mol. The number of nitrogens with zero attached hydrogens (tertiary/aromatic N) is 1. The molecule has 1 heterocycles. The van der Waals surface area contributed by atoms with Gasteiger partial charge in [-0.2, -0.15) is 0 Å². The Balaban J connectivity index is 1.15. The number of hydrogen-bond acceptors (Lipinski definition) is 22. The molecule has 0 aromatic heterocycles. The molecule has 1 amide bonds.